The van der Waals surface area contributed by atoms with E-state index in [0.29, 0.717) is 36.4 Å². The molecule has 10 heteroatoms. The number of hydrogen-bond acceptors (Lipinski definition) is 7. The minimum atomic E-state index is -3.86. The number of hydrogen-bond donors (Lipinski definition) is 1. The molecule has 1 aliphatic carbocycles. The maximum atomic E-state index is 13.6. The van der Waals surface area contributed by atoms with Crippen LogP contribution in [0.25, 0.3) is 11.0 Å². The summed E-state index contributed by atoms with van der Waals surface area (Å²) in [7, 11) is -3.86. The highest BCUT2D eigenvalue weighted by molar-refractivity contribution is 7.90. The second-order valence-electron chi connectivity index (χ2n) is 10.3. The zero-order valence-electron chi connectivity index (χ0n) is 20.5. The minimum Gasteiger partial charge on any atom is -0.444 e. The minimum absolute atomic E-state index is 0.206. The maximum Gasteiger partial charge on any atom is 0.410 e. The van der Waals surface area contributed by atoms with Gasteiger partial charge in [-0.2, -0.15) is 0 Å². The molecular weight excluding hydrogens is 466 g/mol. The molecule has 0 radical (unpaired) electrons. The van der Waals surface area contributed by atoms with Crippen LogP contribution in [0.5, 0.6) is 0 Å². The van der Waals surface area contributed by atoms with E-state index >= 15 is 0 Å². The fraction of sp³-hybridized carbons (Fsp3) is 0.480. The maximum absolute atomic E-state index is 13.6. The summed E-state index contributed by atoms with van der Waals surface area (Å²) in [6.45, 7) is 9.03. The van der Waals surface area contributed by atoms with Crippen molar-refractivity contribution in [1.82, 2.24) is 24.2 Å². The van der Waals surface area contributed by atoms with Crippen molar-refractivity contribution in [2.45, 2.75) is 63.0 Å². The Bertz CT molecular complexity index is 1370. The number of carbonyl (C=O) groups excluding carboxylic acids is 1. The molecule has 1 atom stereocenters. The molecule has 1 amide bonds. The molecule has 3 aromatic rings. The first-order chi connectivity index (χ1) is 16.6. The zero-order valence-corrected chi connectivity index (χ0v) is 21.3. The van der Waals surface area contributed by atoms with Gasteiger partial charge in [0.2, 0.25) is 0 Å². The number of nitrogens with zero attached hydrogens (tertiary/aromatic N) is 4. The van der Waals surface area contributed by atoms with Crippen LogP contribution in [0.15, 0.2) is 41.7 Å². The van der Waals surface area contributed by atoms with Gasteiger partial charge < -0.3 is 10.1 Å². The second-order valence-corrected chi connectivity index (χ2v) is 12.1. The summed E-state index contributed by atoms with van der Waals surface area (Å²) in [5.74, 6) is 0.253. The van der Waals surface area contributed by atoms with E-state index in [1.165, 1.54) is 10.3 Å². The normalized spacial score (nSPS) is 19.2. The molecule has 9 nitrogen and oxygen atoms in total. The standard InChI is InChI=1S/C25H31N5O4S/c1-16-5-9-18(10-6-16)35(32,33)30-14-19(17-7-8-17)21-22(27-15-28-23(21)30)20-13-26-11-12-29(20)24(31)34-25(2,3)4/h5-6,9-10,14-15,17,20,26H,7-8,11-13H2,1-4H3. The van der Waals surface area contributed by atoms with Crippen molar-refractivity contribution in [2.75, 3.05) is 19.6 Å². The van der Waals surface area contributed by atoms with Gasteiger partial charge in [0.1, 0.15) is 11.9 Å². The van der Waals surface area contributed by atoms with Gasteiger partial charge in [0, 0.05) is 31.2 Å². The summed E-state index contributed by atoms with van der Waals surface area (Å²) in [6, 6.07) is 6.40. The van der Waals surface area contributed by atoms with Crippen LogP contribution >= 0.6 is 0 Å². The number of ether oxygens (including phenoxy) is 1. The number of rotatable bonds is 4. The molecule has 35 heavy (non-hydrogen) atoms. The molecule has 1 N–H and O–H groups in total. The van der Waals surface area contributed by atoms with E-state index in [2.05, 4.69) is 15.3 Å². The van der Waals surface area contributed by atoms with E-state index in [0.717, 1.165) is 24.0 Å². The van der Waals surface area contributed by atoms with Gasteiger partial charge in [0.25, 0.3) is 10.0 Å². The van der Waals surface area contributed by atoms with E-state index in [1.807, 2.05) is 27.7 Å². The number of benzene rings is 1. The Hall–Kier alpha value is -2.98. The second kappa shape index (κ2) is 8.60. The highest BCUT2D eigenvalue weighted by atomic mass is 32.2. The lowest BCUT2D eigenvalue weighted by Gasteiger charge is -2.37. The van der Waals surface area contributed by atoms with Gasteiger partial charge in [-0.25, -0.2) is 27.2 Å². The molecule has 1 saturated heterocycles. The van der Waals surface area contributed by atoms with Crippen LogP contribution in [0, 0.1) is 6.92 Å². The number of fused-ring (bicyclic) bond motifs is 1. The summed E-state index contributed by atoms with van der Waals surface area (Å²) >= 11 is 0. The molecular formula is C25H31N5O4S. The van der Waals surface area contributed by atoms with Gasteiger partial charge in [-0.1, -0.05) is 17.7 Å². The molecule has 2 aromatic heterocycles. The number of aromatic nitrogens is 3. The third-order valence-corrected chi connectivity index (χ3v) is 8.06. The van der Waals surface area contributed by atoms with Crippen molar-refractivity contribution < 1.29 is 17.9 Å². The first kappa shape index (κ1) is 23.7. The predicted octanol–water partition coefficient (Wildman–Crippen LogP) is 3.74. The van der Waals surface area contributed by atoms with Crippen LogP contribution in [-0.2, 0) is 14.8 Å². The monoisotopic (exact) mass is 497 g/mol. The molecule has 1 unspecified atom stereocenters. The van der Waals surface area contributed by atoms with Gasteiger partial charge in [-0.3, -0.25) is 4.90 Å². The van der Waals surface area contributed by atoms with Crippen LogP contribution < -0.4 is 5.32 Å². The lowest BCUT2D eigenvalue weighted by Crippen LogP contribution is -2.50. The smallest absolute Gasteiger partial charge is 0.410 e. The summed E-state index contributed by atoms with van der Waals surface area (Å²) in [5.41, 5.74) is 2.26. The summed E-state index contributed by atoms with van der Waals surface area (Å²) in [5, 5.41) is 4.06. The highest BCUT2D eigenvalue weighted by Gasteiger charge is 2.37. The fourth-order valence-electron chi connectivity index (χ4n) is 4.54. The molecule has 5 rings (SSSR count). The molecule has 1 aromatic carbocycles. The van der Waals surface area contributed by atoms with Crippen molar-refractivity contribution >= 4 is 27.1 Å². The van der Waals surface area contributed by atoms with Crippen LogP contribution in [0.2, 0.25) is 0 Å². The van der Waals surface area contributed by atoms with Crippen LogP contribution in [0.3, 0.4) is 0 Å². The molecule has 0 bridgehead atoms. The van der Waals surface area contributed by atoms with Crippen molar-refractivity contribution in [3.8, 4) is 0 Å². The number of nitrogens with one attached hydrogen (secondary N) is 1. The van der Waals surface area contributed by atoms with Crippen molar-refractivity contribution in [3.63, 3.8) is 0 Å². The largest absolute Gasteiger partial charge is 0.444 e. The molecule has 2 fully saturated rings. The zero-order chi connectivity index (χ0) is 25.0. The summed E-state index contributed by atoms with van der Waals surface area (Å²) in [4.78, 5) is 24.0. The van der Waals surface area contributed by atoms with E-state index in [9.17, 15) is 13.2 Å². The predicted molar refractivity (Wildman–Crippen MR) is 132 cm³/mol. The molecule has 186 valence electrons. The molecule has 1 aliphatic heterocycles. The number of piperazine rings is 1. The van der Waals surface area contributed by atoms with Gasteiger partial charge >= 0.3 is 6.09 Å². The molecule has 2 aliphatic rings. The summed E-state index contributed by atoms with van der Waals surface area (Å²) < 4.78 is 34.2. The van der Waals surface area contributed by atoms with Crippen LogP contribution in [-0.4, -0.2) is 58.6 Å². The topological polar surface area (TPSA) is 106 Å². The van der Waals surface area contributed by atoms with Crippen molar-refractivity contribution in [1.29, 1.82) is 0 Å². The molecule has 0 spiro atoms. The van der Waals surface area contributed by atoms with Crippen LogP contribution in [0.1, 0.15) is 62.4 Å². The van der Waals surface area contributed by atoms with Gasteiger partial charge in [0.15, 0.2) is 5.65 Å². The number of carbonyl (C=O) groups is 1. The van der Waals surface area contributed by atoms with Gasteiger partial charge in [-0.15, -0.1) is 0 Å². The fourth-order valence-corrected chi connectivity index (χ4v) is 5.86. The van der Waals surface area contributed by atoms with E-state index in [4.69, 9.17) is 4.74 Å². The molecule has 1 saturated carbocycles. The Morgan fingerprint density at radius 1 is 1.14 bits per heavy atom. The number of amides is 1. The number of aryl methyl sites for hydroxylation is 1. The third-order valence-electron chi connectivity index (χ3n) is 6.39. The summed E-state index contributed by atoms with van der Waals surface area (Å²) in [6.07, 6.45) is 4.64. The van der Waals surface area contributed by atoms with E-state index in [-0.39, 0.29) is 10.8 Å². The third kappa shape index (κ3) is 4.52. The first-order valence-corrected chi connectivity index (χ1v) is 13.4. The van der Waals surface area contributed by atoms with Crippen molar-refractivity contribution in [2.24, 2.45) is 0 Å². The van der Waals surface area contributed by atoms with Crippen LogP contribution in [0.4, 0.5) is 4.79 Å². The highest BCUT2D eigenvalue weighted by Crippen LogP contribution is 2.46. The Morgan fingerprint density at radius 3 is 2.51 bits per heavy atom. The Kier molecular flexibility index (Phi) is 5.83. The van der Waals surface area contributed by atoms with Gasteiger partial charge in [-0.05, 0) is 64.2 Å². The van der Waals surface area contributed by atoms with Crippen molar-refractivity contribution in [3.05, 3.63) is 53.6 Å². The average Bonchev–Trinajstić information content (AvgIpc) is 3.57. The van der Waals surface area contributed by atoms with Gasteiger partial charge in [0.05, 0.1) is 16.6 Å². The Morgan fingerprint density at radius 2 is 1.86 bits per heavy atom. The Labute approximate surface area is 205 Å². The van der Waals surface area contributed by atoms with E-state index < -0.39 is 27.8 Å². The quantitative estimate of drug-likeness (QED) is 0.585. The average molecular weight is 498 g/mol. The SMILES string of the molecule is Cc1ccc(S(=O)(=O)n2cc(C3CC3)c3c(C4CNCCN4C(=O)OC(C)(C)C)ncnc32)cc1. The molecule has 3 heterocycles. The first-order valence-electron chi connectivity index (χ1n) is 11.9. The lowest BCUT2D eigenvalue weighted by atomic mass is 10.0. The van der Waals surface area contributed by atoms with E-state index in [1.54, 1.807) is 35.4 Å². The lowest BCUT2D eigenvalue weighted by molar-refractivity contribution is 0.0115. The Balaban J connectivity index is 1.65.